The van der Waals surface area contributed by atoms with Crippen LogP contribution in [0.2, 0.25) is 0 Å². The molecule has 0 saturated carbocycles. The van der Waals surface area contributed by atoms with E-state index in [4.69, 9.17) is 10.00 Å². The molecule has 2 aromatic heterocycles. The Kier molecular flexibility index (Phi) is 7.35. The number of nitriles is 1. The number of amides is 2. The van der Waals surface area contributed by atoms with Crippen LogP contribution in [0.15, 0.2) is 35.8 Å². The van der Waals surface area contributed by atoms with Gasteiger partial charge in [0.2, 0.25) is 0 Å². The second kappa shape index (κ2) is 10.6. The van der Waals surface area contributed by atoms with Crippen LogP contribution in [0.5, 0.6) is 0 Å². The molecule has 0 aliphatic carbocycles. The van der Waals surface area contributed by atoms with E-state index in [0.717, 1.165) is 58.1 Å². The quantitative estimate of drug-likeness (QED) is 0.716. The highest BCUT2D eigenvalue weighted by Crippen LogP contribution is 2.25. The van der Waals surface area contributed by atoms with Crippen LogP contribution in [-0.4, -0.2) is 67.9 Å². The normalized spacial score (nSPS) is 18.9. The Balaban J connectivity index is 1.24. The van der Waals surface area contributed by atoms with Crippen molar-refractivity contribution in [3.8, 4) is 6.07 Å². The van der Waals surface area contributed by atoms with Gasteiger partial charge in [-0.15, -0.1) is 11.3 Å². The Morgan fingerprint density at radius 3 is 2.71 bits per heavy atom. The van der Waals surface area contributed by atoms with E-state index in [2.05, 4.69) is 49.0 Å². The first-order chi connectivity index (χ1) is 15.2. The van der Waals surface area contributed by atoms with Gasteiger partial charge in [0.15, 0.2) is 0 Å². The number of pyridine rings is 1. The van der Waals surface area contributed by atoms with E-state index in [9.17, 15) is 4.79 Å². The van der Waals surface area contributed by atoms with Crippen LogP contribution in [-0.2, 0) is 4.74 Å². The molecule has 31 heavy (non-hydrogen) atoms. The molecule has 4 heterocycles. The van der Waals surface area contributed by atoms with Crippen molar-refractivity contribution in [1.82, 2.24) is 20.5 Å². The van der Waals surface area contributed by atoms with E-state index >= 15 is 0 Å². The number of aromatic nitrogens is 1. The van der Waals surface area contributed by atoms with Gasteiger partial charge in [-0.3, -0.25) is 4.90 Å². The number of hydrogen-bond donors (Lipinski definition) is 2. The minimum atomic E-state index is -0.107. The first-order valence-corrected chi connectivity index (χ1v) is 11.6. The molecular weight excluding hydrogens is 412 g/mol. The highest BCUT2D eigenvalue weighted by atomic mass is 32.1. The van der Waals surface area contributed by atoms with Gasteiger partial charge in [-0.2, -0.15) is 5.26 Å². The maximum atomic E-state index is 12.6. The second-order valence-corrected chi connectivity index (χ2v) is 8.79. The lowest BCUT2D eigenvalue weighted by molar-refractivity contribution is 0.0174. The first-order valence-electron chi connectivity index (χ1n) is 10.7. The van der Waals surface area contributed by atoms with Crippen LogP contribution in [0.3, 0.4) is 0 Å². The molecule has 4 rings (SSSR count). The number of carbonyl (C=O) groups excluding carboxylic acids is 1. The van der Waals surface area contributed by atoms with Gasteiger partial charge in [-0.1, -0.05) is 6.07 Å². The number of piperidine rings is 1. The molecule has 2 aliphatic rings. The van der Waals surface area contributed by atoms with Crippen molar-refractivity contribution < 1.29 is 9.53 Å². The molecule has 0 spiro atoms. The lowest BCUT2D eigenvalue weighted by atomic mass is 10.1. The predicted molar refractivity (Wildman–Crippen MR) is 120 cm³/mol. The zero-order chi connectivity index (χ0) is 21.5. The summed E-state index contributed by atoms with van der Waals surface area (Å²) in [5, 5.41) is 17.2. The fraction of sp³-hybridized carbons (Fsp3) is 0.500. The average Bonchev–Trinajstić information content (AvgIpc) is 3.35. The molecule has 1 unspecified atom stereocenters. The van der Waals surface area contributed by atoms with Gasteiger partial charge in [0.05, 0.1) is 24.8 Å². The summed E-state index contributed by atoms with van der Waals surface area (Å²) in [6.45, 7) is 5.48. The highest BCUT2D eigenvalue weighted by molar-refractivity contribution is 7.10. The molecule has 2 fully saturated rings. The summed E-state index contributed by atoms with van der Waals surface area (Å²) in [6.07, 6.45) is 3.34. The van der Waals surface area contributed by atoms with Crippen LogP contribution in [0.25, 0.3) is 0 Å². The van der Waals surface area contributed by atoms with E-state index in [-0.39, 0.29) is 18.1 Å². The van der Waals surface area contributed by atoms with Crippen molar-refractivity contribution in [3.05, 3.63) is 46.3 Å². The van der Waals surface area contributed by atoms with E-state index in [1.54, 1.807) is 23.6 Å². The summed E-state index contributed by atoms with van der Waals surface area (Å²) >= 11 is 1.73. The number of nitrogens with zero attached hydrogens (tertiary/aromatic N) is 4. The summed E-state index contributed by atoms with van der Waals surface area (Å²) in [6, 6.07) is 10.2. The fourth-order valence-corrected chi connectivity index (χ4v) is 4.96. The molecule has 0 bridgehead atoms. The molecule has 2 saturated heterocycles. The van der Waals surface area contributed by atoms with Crippen molar-refractivity contribution in [1.29, 1.82) is 5.26 Å². The molecular formula is C22H28N6O2S. The van der Waals surface area contributed by atoms with E-state index in [1.807, 2.05) is 6.07 Å². The Morgan fingerprint density at radius 2 is 2.06 bits per heavy atom. The first kappa shape index (κ1) is 21.6. The van der Waals surface area contributed by atoms with Gasteiger partial charge in [0.25, 0.3) is 0 Å². The van der Waals surface area contributed by atoms with Crippen molar-refractivity contribution in [2.24, 2.45) is 0 Å². The summed E-state index contributed by atoms with van der Waals surface area (Å²) in [5.74, 6) is 0.881. The van der Waals surface area contributed by atoms with Gasteiger partial charge in [-0.25, -0.2) is 9.78 Å². The smallest absolute Gasteiger partial charge is 0.315 e. The number of urea groups is 1. The zero-order valence-corrected chi connectivity index (χ0v) is 18.3. The monoisotopic (exact) mass is 440 g/mol. The van der Waals surface area contributed by atoms with Gasteiger partial charge in [-0.05, 0) is 36.4 Å². The second-order valence-electron chi connectivity index (χ2n) is 7.81. The number of carbonyl (C=O) groups is 1. The highest BCUT2D eigenvalue weighted by Gasteiger charge is 2.25. The molecule has 1 atom stereocenters. The standard InChI is InChI=1S/C22H28N6O2S/c23-14-17-3-4-21(24-15-17)28-7-5-18(6-8-28)26-22(29)25-16-19(20-2-1-13-31-20)27-9-11-30-12-10-27/h1-4,13,15,18-19H,5-12,16H2,(H2,25,26,29). The van der Waals surface area contributed by atoms with Crippen LogP contribution in [0.4, 0.5) is 10.6 Å². The lowest BCUT2D eigenvalue weighted by Gasteiger charge is -2.35. The topological polar surface area (TPSA) is 93.5 Å². The Bertz CT molecular complexity index is 868. The van der Waals surface area contributed by atoms with Gasteiger partial charge in [0, 0.05) is 49.8 Å². The Hall–Kier alpha value is -2.67. The van der Waals surface area contributed by atoms with E-state index in [1.165, 1.54) is 4.88 Å². The minimum Gasteiger partial charge on any atom is -0.379 e. The number of thiophene rings is 1. The number of anilines is 1. The predicted octanol–water partition coefficient (Wildman–Crippen LogP) is 2.36. The zero-order valence-electron chi connectivity index (χ0n) is 17.5. The van der Waals surface area contributed by atoms with Gasteiger partial charge in [0.1, 0.15) is 11.9 Å². The Morgan fingerprint density at radius 1 is 1.26 bits per heavy atom. The number of ether oxygens (including phenoxy) is 1. The molecule has 9 heteroatoms. The summed E-state index contributed by atoms with van der Waals surface area (Å²) < 4.78 is 5.48. The molecule has 2 amide bonds. The molecule has 2 N–H and O–H groups in total. The SMILES string of the molecule is N#Cc1ccc(N2CCC(NC(=O)NCC(c3cccs3)N3CCOCC3)CC2)nc1. The van der Waals surface area contributed by atoms with Crippen molar-refractivity contribution in [2.75, 3.05) is 50.8 Å². The fourth-order valence-electron chi connectivity index (χ4n) is 4.10. The van der Waals surface area contributed by atoms with Crippen molar-refractivity contribution >= 4 is 23.2 Å². The van der Waals surface area contributed by atoms with Crippen LogP contribution in [0, 0.1) is 11.3 Å². The average molecular weight is 441 g/mol. The maximum absolute atomic E-state index is 12.6. The number of morpholine rings is 1. The van der Waals surface area contributed by atoms with Crippen LogP contribution >= 0.6 is 11.3 Å². The third-order valence-electron chi connectivity index (χ3n) is 5.85. The lowest BCUT2D eigenvalue weighted by Crippen LogP contribution is -2.50. The largest absolute Gasteiger partial charge is 0.379 e. The van der Waals surface area contributed by atoms with Crippen LogP contribution < -0.4 is 15.5 Å². The summed E-state index contributed by atoms with van der Waals surface area (Å²) in [7, 11) is 0. The molecule has 8 nitrogen and oxygen atoms in total. The number of rotatable bonds is 6. The summed E-state index contributed by atoms with van der Waals surface area (Å²) in [5.41, 5.74) is 0.565. The van der Waals surface area contributed by atoms with E-state index < -0.39 is 0 Å². The van der Waals surface area contributed by atoms with Crippen LogP contribution in [0.1, 0.15) is 29.3 Å². The Labute approximate surface area is 186 Å². The van der Waals surface area contributed by atoms with E-state index in [0.29, 0.717) is 12.1 Å². The van der Waals surface area contributed by atoms with Crippen molar-refractivity contribution in [2.45, 2.75) is 24.9 Å². The molecule has 0 radical (unpaired) electrons. The molecule has 164 valence electrons. The minimum absolute atomic E-state index is 0.107. The number of nitrogens with one attached hydrogen (secondary N) is 2. The number of hydrogen-bond acceptors (Lipinski definition) is 7. The maximum Gasteiger partial charge on any atom is 0.315 e. The third kappa shape index (κ3) is 5.73. The van der Waals surface area contributed by atoms with Gasteiger partial charge >= 0.3 is 6.03 Å². The van der Waals surface area contributed by atoms with Crippen molar-refractivity contribution in [3.63, 3.8) is 0 Å². The molecule has 2 aliphatic heterocycles. The summed E-state index contributed by atoms with van der Waals surface area (Å²) in [4.78, 5) is 22.8. The molecule has 2 aromatic rings. The van der Waals surface area contributed by atoms with Gasteiger partial charge < -0.3 is 20.3 Å². The third-order valence-corrected chi connectivity index (χ3v) is 6.82. The molecule has 0 aromatic carbocycles.